The van der Waals surface area contributed by atoms with Gasteiger partial charge in [-0.05, 0) is 30.7 Å². The predicted octanol–water partition coefficient (Wildman–Crippen LogP) is 3.77. The molecule has 0 saturated heterocycles. The van der Waals surface area contributed by atoms with Crippen molar-refractivity contribution in [3.63, 3.8) is 0 Å². The Kier molecular flexibility index (Phi) is 4.34. The fourth-order valence-corrected chi connectivity index (χ4v) is 2.95. The van der Waals surface area contributed by atoms with Gasteiger partial charge in [-0.25, -0.2) is 4.90 Å². The lowest BCUT2D eigenvalue weighted by molar-refractivity contribution is -0.517. The molecule has 2 aromatic rings. The molecule has 0 atom stereocenters. The minimum absolute atomic E-state index is 1.07. The summed E-state index contributed by atoms with van der Waals surface area (Å²) < 4.78 is 2.53. The zero-order valence-electron chi connectivity index (χ0n) is 12.7. The summed E-state index contributed by atoms with van der Waals surface area (Å²) in [7, 11) is 0. The number of amidine groups is 1. The van der Waals surface area contributed by atoms with Gasteiger partial charge < -0.3 is 0 Å². The Morgan fingerprint density at radius 2 is 1.62 bits per heavy atom. The summed E-state index contributed by atoms with van der Waals surface area (Å²) in [6.07, 6.45) is 2.49. The lowest BCUT2D eigenvalue weighted by Crippen LogP contribution is -2.30. The van der Waals surface area contributed by atoms with E-state index in [1.807, 2.05) is 0 Å². The van der Waals surface area contributed by atoms with Gasteiger partial charge in [0.25, 0.3) is 5.84 Å². The van der Waals surface area contributed by atoms with Gasteiger partial charge in [0.05, 0.1) is 12.1 Å². The van der Waals surface area contributed by atoms with Crippen LogP contribution in [0.2, 0.25) is 0 Å². The minimum Gasteiger partial charge on any atom is -0.257 e. The van der Waals surface area contributed by atoms with Crippen LogP contribution in [0.4, 0.5) is 5.69 Å². The second-order valence-electron chi connectivity index (χ2n) is 5.52. The lowest BCUT2D eigenvalue weighted by atomic mass is 10.1. The Morgan fingerprint density at radius 3 is 2.29 bits per heavy atom. The molecule has 0 aromatic heterocycles. The first-order valence-corrected chi connectivity index (χ1v) is 7.90. The fourth-order valence-electron chi connectivity index (χ4n) is 2.95. The predicted molar refractivity (Wildman–Crippen MR) is 89.2 cm³/mol. The molecule has 3 rings (SSSR count). The topological polar surface area (TPSA) is 6.25 Å². The first kappa shape index (κ1) is 13.9. The molecule has 0 spiro atoms. The van der Waals surface area contributed by atoms with Crippen LogP contribution in [-0.2, 0) is 0 Å². The summed E-state index contributed by atoms with van der Waals surface area (Å²) in [5, 5.41) is 0. The maximum atomic E-state index is 2.53. The highest BCUT2D eigenvalue weighted by molar-refractivity contribution is 6.07. The summed E-state index contributed by atoms with van der Waals surface area (Å²) in [6, 6.07) is 21.5. The molecular formula is C19H23N2+. The van der Waals surface area contributed by atoms with E-state index in [-0.39, 0.29) is 0 Å². The molecule has 108 valence electrons. The number of benzene rings is 2. The molecule has 0 radical (unpaired) electrons. The zero-order chi connectivity index (χ0) is 14.5. The number of hydrogen-bond acceptors (Lipinski definition) is 1. The summed E-state index contributed by atoms with van der Waals surface area (Å²) in [5.74, 6) is 1.36. The van der Waals surface area contributed by atoms with Crippen molar-refractivity contribution in [2.45, 2.75) is 19.8 Å². The monoisotopic (exact) mass is 279 g/mol. The number of rotatable bonds is 5. The molecule has 1 aliphatic heterocycles. The van der Waals surface area contributed by atoms with Gasteiger partial charge in [-0.2, -0.15) is 0 Å². The normalized spacial score (nSPS) is 14.8. The van der Waals surface area contributed by atoms with Crippen molar-refractivity contribution in [1.29, 1.82) is 0 Å². The van der Waals surface area contributed by atoms with Crippen LogP contribution >= 0.6 is 0 Å². The Bertz CT molecular complexity index is 602. The number of nitrogens with zero attached hydrogens (tertiary/aromatic N) is 2. The molecule has 0 fully saturated rings. The van der Waals surface area contributed by atoms with Crippen LogP contribution in [0.15, 0.2) is 60.7 Å². The van der Waals surface area contributed by atoms with E-state index in [1.54, 1.807) is 0 Å². The fraction of sp³-hybridized carbons (Fsp3) is 0.316. The Labute approximate surface area is 127 Å². The highest BCUT2D eigenvalue weighted by atomic mass is 15.3. The van der Waals surface area contributed by atoms with Crippen molar-refractivity contribution in [2.75, 3.05) is 24.5 Å². The highest BCUT2D eigenvalue weighted by Crippen LogP contribution is 2.20. The Hall–Kier alpha value is -2.09. The highest BCUT2D eigenvalue weighted by Gasteiger charge is 2.32. The molecule has 2 aromatic carbocycles. The van der Waals surface area contributed by atoms with Crippen molar-refractivity contribution in [3.05, 3.63) is 66.2 Å². The molecule has 1 aliphatic rings. The third kappa shape index (κ3) is 2.99. The molecular weight excluding hydrogens is 256 g/mol. The number of para-hydroxylation sites is 1. The van der Waals surface area contributed by atoms with Gasteiger partial charge in [-0.1, -0.05) is 49.7 Å². The van der Waals surface area contributed by atoms with Crippen molar-refractivity contribution >= 4 is 11.5 Å². The summed E-state index contributed by atoms with van der Waals surface area (Å²) in [6.45, 7) is 5.58. The molecule has 21 heavy (non-hydrogen) atoms. The Balaban J connectivity index is 2.00. The van der Waals surface area contributed by atoms with E-state index in [4.69, 9.17) is 0 Å². The van der Waals surface area contributed by atoms with E-state index in [0.29, 0.717) is 0 Å². The molecule has 0 unspecified atom stereocenters. The van der Waals surface area contributed by atoms with Gasteiger partial charge in [-0.15, -0.1) is 0 Å². The van der Waals surface area contributed by atoms with E-state index in [2.05, 4.69) is 77.1 Å². The van der Waals surface area contributed by atoms with Crippen LogP contribution in [0, 0.1) is 0 Å². The van der Waals surface area contributed by atoms with Crippen LogP contribution in [-0.4, -0.2) is 30.0 Å². The number of unbranched alkanes of at least 4 members (excludes halogenated alkanes) is 1. The lowest BCUT2D eigenvalue weighted by Gasteiger charge is -2.13. The van der Waals surface area contributed by atoms with E-state index >= 15 is 0 Å². The maximum Gasteiger partial charge on any atom is 0.284 e. The molecule has 0 N–H and O–H groups in total. The van der Waals surface area contributed by atoms with Crippen LogP contribution in [0.5, 0.6) is 0 Å². The summed E-state index contributed by atoms with van der Waals surface area (Å²) in [4.78, 5) is 2.45. The second-order valence-corrected chi connectivity index (χ2v) is 5.52. The summed E-state index contributed by atoms with van der Waals surface area (Å²) >= 11 is 0. The van der Waals surface area contributed by atoms with Crippen molar-refractivity contribution in [2.24, 2.45) is 0 Å². The van der Waals surface area contributed by atoms with Gasteiger partial charge in [0.1, 0.15) is 18.8 Å². The van der Waals surface area contributed by atoms with Gasteiger partial charge in [-0.3, -0.25) is 4.58 Å². The van der Waals surface area contributed by atoms with E-state index in [1.165, 1.54) is 29.9 Å². The quantitative estimate of drug-likeness (QED) is 0.755. The largest absolute Gasteiger partial charge is 0.284 e. The Morgan fingerprint density at radius 1 is 0.952 bits per heavy atom. The third-order valence-electron chi connectivity index (χ3n) is 4.03. The SMILES string of the molecule is CCCC[N+]1=C(c2ccccc2)N(c2ccccc2)CC1. The van der Waals surface area contributed by atoms with E-state index in [0.717, 1.165) is 19.6 Å². The van der Waals surface area contributed by atoms with Gasteiger partial charge in [0, 0.05) is 0 Å². The average molecular weight is 279 g/mol. The summed E-state index contributed by atoms with van der Waals surface area (Å²) in [5.41, 5.74) is 2.60. The van der Waals surface area contributed by atoms with Crippen molar-refractivity contribution in [1.82, 2.24) is 0 Å². The first-order chi connectivity index (χ1) is 10.4. The molecule has 0 saturated carbocycles. The van der Waals surface area contributed by atoms with Crippen LogP contribution in [0.3, 0.4) is 0 Å². The van der Waals surface area contributed by atoms with Gasteiger partial charge in [0.2, 0.25) is 0 Å². The molecule has 0 bridgehead atoms. The zero-order valence-corrected chi connectivity index (χ0v) is 12.7. The van der Waals surface area contributed by atoms with E-state index < -0.39 is 0 Å². The van der Waals surface area contributed by atoms with Crippen LogP contribution in [0.25, 0.3) is 0 Å². The smallest absolute Gasteiger partial charge is 0.257 e. The van der Waals surface area contributed by atoms with Gasteiger partial charge >= 0.3 is 0 Å². The van der Waals surface area contributed by atoms with E-state index in [9.17, 15) is 0 Å². The molecule has 2 nitrogen and oxygen atoms in total. The van der Waals surface area contributed by atoms with Crippen LogP contribution < -0.4 is 4.90 Å². The molecule has 0 aliphatic carbocycles. The third-order valence-corrected chi connectivity index (χ3v) is 4.03. The average Bonchev–Trinajstić information content (AvgIpc) is 2.98. The number of anilines is 1. The molecule has 0 amide bonds. The van der Waals surface area contributed by atoms with Gasteiger partial charge in [0.15, 0.2) is 0 Å². The number of hydrogen-bond donors (Lipinski definition) is 0. The van der Waals surface area contributed by atoms with Crippen molar-refractivity contribution in [3.8, 4) is 0 Å². The standard InChI is InChI=1S/C19H23N2/c1-2-3-14-20-15-16-21(18-12-8-5-9-13-18)19(20)17-10-6-4-7-11-17/h4-13H,2-3,14-16H2,1H3/q+1. The second kappa shape index (κ2) is 6.57. The minimum atomic E-state index is 1.07. The maximum absolute atomic E-state index is 2.53. The van der Waals surface area contributed by atoms with Crippen LogP contribution in [0.1, 0.15) is 25.3 Å². The molecule has 2 heteroatoms. The molecule has 1 heterocycles. The first-order valence-electron chi connectivity index (χ1n) is 7.90. The van der Waals surface area contributed by atoms with Crippen molar-refractivity contribution < 1.29 is 4.58 Å².